The average molecular weight is 272 g/mol. The van der Waals surface area contributed by atoms with Crippen molar-refractivity contribution >= 4 is 28.8 Å². The minimum atomic E-state index is 0.591. The fourth-order valence-electron chi connectivity index (χ4n) is 1.88. The van der Waals surface area contributed by atoms with E-state index in [-0.39, 0.29) is 0 Å². The first-order valence-corrected chi connectivity index (χ1v) is 6.32. The Morgan fingerprint density at radius 3 is 3.05 bits per heavy atom. The van der Waals surface area contributed by atoms with Gasteiger partial charge in [-0.25, -0.2) is 4.98 Å². The summed E-state index contributed by atoms with van der Waals surface area (Å²) < 4.78 is 5.55. The van der Waals surface area contributed by atoms with Gasteiger partial charge in [-0.1, -0.05) is 0 Å². The molecule has 0 atom stereocenters. The van der Waals surface area contributed by atoms with E-state index in [2.05, 4.69) is 15.3 Å². The SMILES string of the molecule is S=C(Nc1cccnc1)N1CCOc2cccnc21. The molecule has 0 bridgehead atoms. The summed E-state index contributed by atoms with van der Waals surface area (Å²) in [5.41, 5.74) is 0.858. The number of nitrogens with zero attached hydrogens (tertiary/aromatic N) is 3. The van der Waals surface area contributed by atoms with E-state index >= 15 is 0 Å². The lowest BCUT2D eigenvalue weighted by molar-refractivity contribution is 0.313. The summed E-state index contributed by atoms with van der Waals surface area (Å²) >= 11 is 5.42. The summed E-state index contributed by atoms with van der Waals surface area (Å²) in [6.07, 6.45) is 5.18. The Hall–Kier alpha value is -2.21. The predicted molar refractivity (Wildman–Crippen MR) is 77.5 cm³/mol. The molecule has 96 valence electrons. The van der Waals surface area contributed by atoms with E-state index in [0.717, 1.165) is 17.3 Å². The van der Waals surface area contributed by atoms with Crippen LogP contribution >= 0.6 is 12.2 Å². The zero-order valence-corrected chi connectivity index (χ0v) is 10.9. The highest BCUT2D eigenvalue weighted by Gasteiger charge is 2.22. The molecular formula is C13H12N4OS. The molecule has 2 aromatic rings. The summed E-state index contributed by atoms with van der Waals surface area (Å²) in [6, 6.07) is 7.51. The lowest BCUT2D eigenvalue weighted by Crippen LogP contribution is -2.41. The number of aromatic nitrogens is 2. The normalized spacial score (nSPS) is 13.4. The maximum Gasteiger partial charge on any atom is 0.179 e. The molecule has 0 saturated heterocycles. The maximum absolute atomic E-state index is 5.55. The van der Waals surface area contributed by atoms with E-state index in [9.17, 15) is 0 Å². The standard InChI is InChI=1S/C13H12N4OS/c19-13(16-10-3-1-5-14-9-10)17-7-8-18-11-4-2-6-15-12(11)17/h1-6,9H,7-8H2,(H,16,19). The topological polar surface area (TPSA) is 50.3 Å². The third-order valence-corrected chi connectivity index (χ3v) is 3.06. The van der Waals surface area contributed by atoms with E-state index in [0.29, 0.717) is 18.3 Å². The minimum absolute atomic E-state index is 0.591. The van der Waals surface area contributed by atoms with Gasteiger partial charge in [0.25, 0.3) is 0 Å². The first-order valence-electron chi connectivity index (χ1n) is 5.91. The molecule has 0 amide bonds. The molecule has 1 aliphatic rings. The van der Waals surface area contributed by atoms with Gasteiger partial charge in [0.1, 0.15) is 6.61 Å². The number of rotatable bonds is 1. The van der Waals surface area contributed by atoms with Crippen LogP contribution in [-0.2, 0) is 0 Å². The molecule has 0 aromatic carbocycles. The van der Waals surface area contributed by atoms with Gasteiger partial charge in [0.05, 0.1) is 18.4 Å². The van der Waals surface area contributed by atoms with Crippen LogP contribution in [0.3, 0.4) is 0 Å². The molecule has 0 spiro atoms. The Balaban J connectivity index is 1.82. The van der Waals surface area contributed by atoms with Crippen LogP contribution in [0.25, 0.3) is 0 Å². The molecule has 1 N–H and O–H groups in total. The van der Waals surface area contributed by atoms with Crippen LogP contribution in [0.15, 0.2) is 42.9 Å². The van der Waals surface area contributed by atoms with Crippen LogP contribution in [0.4, 0.5) is 11.5 Å². The summed E-state index contributed by atoms with van der Waals surface area (Å²) in [7, 11) is 0. The van der Waals surface area contributed by atoms with Gasteiger partial charge in [0.15, 0.2) is 16.7 Å². The van der Waals surface area contributed by atoms with Crippen molar-refractivity contribution in [3.63, 3.8) is 0 Å². The van der Waals surface area contributed by atoms with Crippen LogP contribution in [0.2, 0.25) is 0 Å². The molecule has 0 aliphatic carbocycles. The zero-order chi connectivity index (χ0) is 13.1. The van der Waals surface area contributed by atoms with Crippen LogP contribution < -0.4 is 15.0 Å². The van der Waals surface area contributed by atoms with E-state index in [1.807, 2.05) is 29.2 Å². The van der Waals surface area contributed by atoms with Gasteiger partial charge in [-0.05, 0) is 36.5 Å². The van der Waals surface area contributed by atoms with Crippen LogP contribution in [0, 0.1) is 0 Å². The molecule has 1 aliphatic heterocycles. The highest BCUT2D eigenvalue weighted by Crippen LogP contribution is 2.28. The Labute approximate surface area is 116 Å². The minimum Gasteiger partial charge on any atom is -0.488 e. The molecule has 0 saturated carbocycles. The van der Waals surface area contributed by atoms with Gasteiger partial charge >= 0.3 is 0 Å². The number of anilines is 2. The zero-order valence-electron chi connectivity index (χ0n) is 10.1. The van der Waals surface area contributed by atoms with E-state index < -0.39 is 0 Å². The predicted octanol–water partition coefficient (Wildman–Crippen LogP) is 2.07. The van der Waals surface area contributed by atoms with Crippen molar-refractivity contribution in [1.29, 1.82) is 0 Å². The van der Waals surface area contributed by atoms with Gasteiger partial charge in [-0.2, -0.15) is 0 Å². The smallest absolute Gasteiger partial charge is 0.179 e. The Morgan fingerprint density at radius 2 is 2.21 bits per heavy atom. The Bertz CT molecular complexity index is 590. The monoisotopic (exact) mass is 272 g/mol. The van der Waals surface area contributed by atoms with Crippen LogP contribution in [0.1, 0.15) is 0 Å². The molecule has 19 heavy (non-hydrogen) atoms. The highest BCUT2D eigenvalue weighted by atomic mass is 32.1. The van der Waals surface area contributed by atoms with Gasteiger partial charge in [0, 0.05) is 12.4 Å². The van der Waals surface area contributed by atoms with Gasteiger partial charge in [-0.3, -0.25) is 9.88 Å². The number of thiocarbonyl (C=S) groups is 1. The lowest BCUT2D eigenvalue weighted by atomic mass is 10.3. The third-order valence-electron chi connectivity index (χ3n) is 2.74. The lowest BCUT2D eigenvalue weighted by Gasteiger charge is -2.30. The van der Waals surface area contributed by atoms with E-state index in [1.54, 1.807) is 18.6 Å². The van der Waals surface area contributed by atoms with Crippen molar-refractivity contribution in [3.05, 3.63) is 42.9 Å². The number of pyridine rings is 2. The van der Waals surface area contributed by atoms with Crippen molar-refractivity contribution in [2.45, 2.75) is 0 Å². The molecular weight excluding hydrogens is 260 g/mol. The molecule has 0 unspecified atom stereocenters. The molecule has 0 radical (unpaired) electrons. The van der Waals surface area contributed by atoms with Crippen molar-refractivity contribution in [1.82, 2.24) is 9.97 Å². The van der Waals surface area contributed by atoms with Crippen molar-refractivity contribution < 1.29 is 4.74 Å². The molecule has 2 aromatic heterocycles. The second-order valence-corrected chi connectivity index (χ2v) is 4.38. The largest absolute Gasteiger partial charge is 0.488 e. The quantitative estimate of drug-likeness (QED) is 0.802. The van der Waals surface area contributed by atoms with E-state index in [1.165, 1.54) is 0 Å². The third kappa shape index (κ3) is 2.48. The van der Waals surface area contributed by atoms with Crippen molar-refractivity contribution in [3.8, 4) is 5.75 Å². The van der Waals surface area contributed by atoms with Crippen molar-refractivity contribution in [2.75, 3.05) is 23.4 Å². The van der Waals surface area contributed by atoms with E-state index in [4.69, 9.17) is 17.0 Å². The summed E-state index contributed by atoms with van der Waals surface area (Å²) in [6.45, 7) is 1.27. The highest BCUT2D eigenvalue weighted by molar-refractivity contribution is 7.80. The van der Waals surface area contributed by atoms with Crippen LogP contribution in [0.5, 0.6) is 5.75 Å². The Kier molecular flexibility index (Phi) is 3.24. The molecule has 6 heteroatoms. The number of ether oxygens (including phenoxy) is 1. The number of hydrogen-bond acceptors (Lipinski definition) is 4. The summed E-state index contributed by atoms with van der Waals surface area (Å²) in [5.74, 6) is 1.50. The second kappa shape index (κ2) is 5.19. The fourth-order valence-corrected chi connectivity index (χ4v) is 2.17. The van der Waals surface area contributed by atoms with Crippen LogP contribution in [-0.4, -0.2) is 28.2 Å². The van der Waals surface area contributed by atoms with Gasteiger partial charge < -0.3 is 10.1 Å². The van der Waals surface area contributed by atoms with Gasteiger partial charge in [-0.15, -0.1) is 0 Å². The van der Waals surface area contributed by atoms with Gasteiger partial charge in [0.2, 0.25) is 0 Å². The number of hydrogen-bond donors (Lipinski definition) is 1. The first-order chi connectivity index (χ1) is 9.34. The Morgan fingerprint density at radius 1 is 1.32 bits per heavy atom. The molecule has 5 nitrogen and oxygen atoms in total. The molecule has 3 heterocycles. The second-order valence-electron chi connectivity index (χ2n) is 4.00. The van der Waals surface area contributed by atoms with Crippen molar-refractivity contribution in [2.24, 2.45) is 0 Å². The summed E-state index contributed by atoms with van der Waals surface area (Å²) in [5, 5.41) is 3.75. The first kappa shape index (κ1) is 11.9. The molecule has 3 rings (SSSR count). The number of nitrogens with one attached hydrogen (secondary N) is 1. The average Bonchev–Trinajstić information content (AvgIpc) is 2.47. The number of fused-ring (bicyclic) bond motifs is 1. The maximum atomic E-state index is 5.55. The fraction of sp³-hybridized carbons (Fsp3) is 0.154. The summed E-state index contributed by atoms with van der Waals surface area (Å²) in [4.78, 5) is 10.3. The molecule has 0 fully saturated rings.